The minimum atomic E-state index is -1.90. The molecule has 3 aliphatic rings. The van der Waals surface area contributed by atoms with Crippen LogP contribution in [0.15, 0.2) is 48.5 Å². The number of hydrogen-bond donors (Lipinski definition) is 2. The standard InChI is InChI=1S/C40H53N3O10/c1-40(38(45)41-2,39(46)42-53-36-12-6-9-25-50-36)43(3)37(44)32-21-17-30(18-22-32)14-13-29-15-19-31(20-16-29)33(52-35-11-5-8-24-49-35)28-47-26-27-51-34-10-4-7-23-48-34/h15-22,33-36H,4-12,23-28H2,1-3H3,(H,41,45)(H,42,46)/t33-,34?,35?,36?,40+/m1/s1. The topological polar surface area (TPSA) is 143 Å². The number of benzene rings is 2. The van der Waals surface area contributed by atoms with Gasteiger partial charge in [-0.05, 0) is 100 Å². The van der Waals surface area contributed by atoms with Crippen molar-refractivity contribution in [1.29, 1.82) is 0 Å². The van der Waals surface area contributed by atoms with Gasteiger partial charge in [-0.3, -0.25) is 14.4 Å². The largest absolute Gasteiger partial charge is 0.376 e. The Labute approximate surface area is 312 Å². The molecule has 3 fully saturated rings. The fourth-order valence-corrected chi connectivity index (χ4v) is 6.18. The number of nitrogens with one attached hydrogen (secondary N) is 2. The van der Waals surface area contributed by atoms with Crippen molar-refractivity contribution in [3.63, 3.8) is 0 Å². The minimum absolute atomic E-state index is 0.148. The van der Waals surface area contributed by atoms with Crippen LogP contribution in [0.25, 0.3) is 0 Å². The summed E-state index contributed by atoms with van der Waals surface area (Å²) in [5, 5.41) is 2.48. The smallest absolute Gasteiger partial charge is 0.279 e. The molecule has 0 spiro atoms. The molecule has 0 radical (unpaired) electrons. The van der Waals surface area contributed by atoms with Crippen molar-refractivity contribution < 1.29 is 47.6 Å². The molecule has 13 nitrogen and oxygen atoms in total. The number of ether oxygens (including phenoxy) is 6. The molecule has 3 saturated heterocycles. The summed E-state index contributed by atoms with van der Waals surface area (Å²) in [5.74, 6) is 4.32. The summed E-state index contributed by atoms with van der Waals surface area (Å²) >= 11 is 0. The first kappa shape index (κ1) is 40.3. The third-order valence-corrected chi connectivity index (χ3v) is 9.67. The molecule has 0 aromatic heterocycles. The van der Waals surface area contributed by atoms with Crippen LogP contribution in [0.2, 0.25) is 0 Å². The van der Waals surface area contributed by atoms with E-state index in [4.69, 9.17) is 33.3 Å². The Bertz CT molecular complexity index is 1520. The van der Waals surface area contributed by atoms with E-state index >= 15 is 0 Å². The van der Waals surface area contributed by atoms with E-state index in [1.807, 2.05) is 24.3 Å². The lowest BCUT2D eigenvalue weighted by Gasteiger charge is -2.36. The van der Waals surface area contributed by atoms with Gasteiger partial charge in [-0.25, -0.2) is 10.3 Å². The van der Waals surface area contributed by atoms with Gasteiger partial charge in [-0.1, -0.05) is 24.0 Å². The molecular formula is C40H53N3O10. The fraction of sp³-hybridized carbons (Fsp3) is 0.575. The fourth-order valence-electron chi connectivity index (χ4n) is 6.18. The third kappa shape index (κ3) is 11.6. The zero-order valence-electron chi connectivity index (χ0n) is 31.1. The zero-order chi connectivity index (χ0) is 37.5. The average molecular weight is 736 g/mol. The van der Waals surface area contributed by atoms with Gasteiger partial charge in [0, 0.05) is 57.0 Å². The van der Waals surface area contributed by atoms with Crippen LogP contribution >= 0.6 is 0 Å². The number of rotatable bonds is 15. The Kier molecular flexibility index (Phi) is 15.6. The van der Waals surface area contributed by atoms with Gasteiger partial charge < -0.3 is 38.6 Å². The summed E-state index contributed by atoms with van der Waals surface area (Å²) in [5.41, 5.74) is 3.15. The molecule has 5 rings (SSSR count). The van der Waals surface area contributed by atoms with Gasteiger partial charge in [0.05, 0.1) is 19.8 Å². The molecule has 2 N–H and O–H groups in total. The Hall–Kier alpha value is -3.87. The predicted octanol–water partition coefficient (Wildman–Crippen LogP) is 4.38. The van der Waals surface area contributed by atoms with Crippen LogP contribution in [0.3, 0.4) is 0 Å². The summed E-state index contributed by atoms with van der Waals surface area (Å²) in [7, 11) is 2.80. The van der Waals surface area contributed by atoms with E-state index in [0.29, 0.717) is 45.0 Å². The van der Waals surface area contributed by atoms with Gasteiger partial charge in [0.2, 0.25) is 0 Å². The van der Waals surface area contributed by atoms with Crippen LogP contribution in [0.4, 0.5) is 0 Å². The highest BCUT2D eigenvalue weighted by Crippen LogP contribution is 2.25. The molecule has 288 valence electrons. The monoisotopic (exact) mass is 735 g/mol. The van der Waals surface area contributed by atoms with Crippen molar-refractivity contribution in [3.8, 4) is 11.8 Å². The first-order valence-corrected chi connectivity index (χ1v) is 18.7. The van der Waals surface area contributed by atoms with Crippen LogP contribution in [0, 0.1) is 11.8 Å². The van der Waals surface area contributed by atoms with E-state index in [9.17, 15) is 14.4 Å². The van der Waals surface area contributed by atoms with Gasteiger partial charge in [0.15, 0.2) is 24.4 Å². The maximum atomic E-state index is 13.5. The van der Waals surface area contributed by atoms with Gasteiger partial charge in [-0.2, -0.15) is 0 Å². The SMILES string of the molecule is CNC(=O)[C@@](C)(C(=O)NOC1CCCCO1)N(C)C(=O)c1ccc(C#Cc2ccc([C@@H](COCCOC3CCCCO3)OC3CCCCO3)cc2)cc1. The highest BCUT2D eigenvalue weighted by Gasteiger charge is 2.47. The van der Waals surface area contributed by atoms with Gasteiger partial charge in [0.1, 0.15) is 6.10 Å². The number of likely N-dealkylation sites (N-methyl/N-ethyl adjacent to an activating group) is 2. The lowest BCUT2D eigenvalue weighted by molar-refractivity contribution is -0.204. The summed E-state index contributed by atoms with van der Waals surface area (Å²) < 4.78 is 35.1. The predicted molar refractivity (Wildman–Crippen MR) is 194 cm³/mol. The Balaban J connectivity index is 1.17. The van der Waals surface area contributed by atoms with Gasteiger partial charge >= 0.3 is 0 Å². The highest BCUT2D eigenvalue weighted by molar-refractivity contribution is 6.12. The zero-order valence-corrected chi connectivity index (χ0v) is 31.1. The highest BCUT2D eigenvalue weighted by atomic mass is 16.8. The maximum Gasteiger partial charge on any atom is 0.279 e. The number of carbonyl (C=O) groups excluding carboxylic acids is 3. The quantitative estimate of drug-likeness (QED) is 0.117. The summed E-state index contributed by atoms with van der Waals surface area (Å²) in [6.07, 6.45) is 7.12. The van der Waals surface area contributed by atoms with E-state index in [1.165, 1.54) is 21.0 Å². The van der Waals surface area contributed by atoms with E-state index in [0.717, 1.165) is 74.0 Å². The van der Waals surface area contributed by atoms with Crippen molar-refractivity contribution in [2.24, 2.45) is 0 Å². The Morgan fingerprint density at radius 3 is 1.92 bits per heavy atom. The van der Waals surface area contributed by atoms with Crippen molar-refractivity contribution >= 4 is 17.7 Å². The molecular weight excluding hydrogens is 682 g/mol. The number of amides is 3. The van der Waals surface area contributed by atoms with E-state index in [2.05, 4.69) is 22.6 Å². The second-order valence-electron chi connectivity index (χ2n) is 13.5. The lowest BCUT2D eigenvalue weighted by Crippen LogP contribution is -2.65. The molecule has 0 bridgehead atoms. The summed E-state index contributed by atoms with van der Waals surface area (Å²) in [6.45, 7) is 4.56. The molecule has 3 aliphatic heterocycles. The summed E-state index contributed by atoms with van der Waals surface area (Å²) in [6, 6.07) is 14.5. The molecule has 2 aromatic rings. The summed E-state index contributed by atoms with van der Waals surface area (Å²) in [4.78, 5) is 46.2. The molecule has 2 aromatic carbocycles. The number of hydrogen-bond acceptors (Lipinski definition) is 10. The lowest BCUT2D eigenvalue weighted by atomic mass is 9.96. The number of hydroxylamine groups is 1. The first-order valence-electron chi connectivity index (χ1n) is 18.7. The van der Waals surface area contributed by atoms with E-state index in [-0.39, 0.29) is 24.2 Å². The van der Waals surface area contributed by atoms with Crippen LogP contribution in [0.1, 0.15) is 97.9 Å². The van der Waals surface area contributed by atoms with Crippen LogP contribution in [0.5, 0.6) is 0 Å². The number of carbonyl (C=O) groups is 3. The van der Waals surface area contributed by atoms with Crippen LogP contribution < -0.4 is 10.8 Å². The van der Waals surface area contributed by atoms with Crippen molar-refractivity contribution in [1.82, 2.24) is 15.7 Å². The second kappa shape index (κ2) is 20.5. The molecule has 0 aliphatic carbocycles. The van der Waals surface area contributed by atoms with Crippen LogP contribution in [-0.2, 0) is 42.8 Å². The maximum absolute atomic E-state index is 13.5. The van der Waals surface area contributed by atoms with Crippen molar-refractivity contribution in [3.05, 3.63) is 70.8 Å². The van der Waals surface area contributed by atoms with Gasteiger partial charge in [0.25, 0.3) is 17.7 Å². The van der Waals surface area contributed by atoms with Gasteiger partial charge in [-0.15, -0.1) is 0 Å². The van der Waals surface area contributed by atoms with E-state index in [1.54, 1.807) is 24.3 Å². The molecule has 13 heteroatoms. The molecule has 3 amide bonds. The minimum Gasteiger partial charge on any atom is -0.376 e. The normalized spacial score (nSPS) is 22.0. The Morgan fingerprint density at radius 1 is 0.792 bits per heavy atom. The Morgan fingerprint density at radius 2 is 1.36 bits per heavy atom. The molecule has 3 heterocycles. The number of nitrogens with zero attached hydrogens (tertiary/aromatic N) is 1. The van der Waals surface area contributed by atoms with Crippen molar-refractivity contribution in [2.45, 2.75) is 95.2 Å². The first-order chi connectivity index (χ1) is 25.8. The second-order valence-corrected chi connectivity index (χ2v) is 13.5. The van der Waals surface area contributed by atoms with Crippen molar-refractivity contribution in [2.75, 3.05) is 53.7 Å². The van der Waals surface area contributed by atoms with Crippen LogP contribution in [-0.4, -0.2) is 101 Å². The molecule has 0 saturated carbocycles. The molecule has 5 atom stereocenters. The van der Waals surface area contributed by atoms with E-state index < -0.39 is 29.6 Å². The molecule has 53 heavy (non-hydrogen) atoms. The third-order valence-electron chi connectivity index (χ3n) is 9.67. The molecule has 3 unspecified atom stereocenters. The average Bonchev–Trinajstić information content (AvgIpc) is 3.21.